The van der Waals surface area contributed by atoms with Gasteiger partial charge in [-0.05, 0) is 12.0 Å². The Morgan fingerprint density at radius 1 is 1.33 bits per heavy atom. The average molecular weight is 289 g/mol. The van der Waals surface area contributed by atoms with Gasteiger partial charge in [-0.15, -0.1) is 0 Å². The van der Waals surface area contributed by atoms with Crippen LogP contribution < -0.4 is 0 Å². The number of likely N-dealkylation sites (tertiary alicyclic amines) is 1. The number of ether oxygens (including phenoxy) is 1. The van der Waals surface area contributed by atoms with E-state index in [1.807, 2.05) is 30.3 Å². The fourth-order valence-electron chi connectivity index (χ4n) is 2.59. The van der Waals surface area contributed by atoms with Crippen LogP contribution in [-0.2, 0) is 16.1 Å². The number of carbonyl (C=O) groups is 2. The van der Waals surface area contributed by atoms with Gasteiger partial charge in [0.2, 0.25) is 0 Å². The first-order valence-electron chi connectivity index (χ1n) is 7.69. The molecule has 1 aliphatic heterocycles. The zero-order valence-corrected chi connectivity index (χ0v) is 12.6. The van der Waals surface area contributed by atoms with Crippen molar-refractivity contribution in [2.45, 2.75) is 39.2 Å². The number of ketones is 1. The number of nitrogens with zero attached hydrogens (tertiary/aromatic N) is 1. The van der Waals surface area contributed by atoms with E-state index < -0.39 is 0 Å². The van der Waals surface area contributed by atoms with Gasteiger partial charge in [-0.1, -0.05) is 50.1 Å². The van der Waals surface area contributed by atoms with Gasteiger partial charge in [0, 0.05) is 25.4 Å². The fourth-order valence-corrected chi connectivity index (χ4v) is 2.59. The molecule has 1 amide bonds. The summed E-state index contributed by atoms with van der Waals surface area (Å²) in [4.78, 5) is 25.6. The molecule has 1 atom stereocenters. The quantitative estimate of drug-likeness (QED) is 0.834. The van der Waals surface area contributed by atoms with Crippen LogP contribution in [0.2, 0.25) is 0 Å². The fraction of sp³-hybridized carbons (Fsp3) is 0.529. The number of piperidine rings is 1. The molecule has 4 heteroatoms. The highest BCUT2D eigenvalue weighted by Gasteiger charge is 2.29. The van der Waals surface area contributed by atoms with Gasteiger partial charge < -0.3 is 9.64 Å². The van der Waals surface area contributed by atoms with Crippen molar-refractivity contribution in [1.29, 1.82) is 0 Å². The lowest BCUT2D eigenvalue weighted by molar-refractivity contribution is -0.126. The first-order valence-corrected chi connectivity index (χ1v) is 7.69. The standard InChI is InChI=1S/C17H23NO3/c1-2-3-9-15-12-18(11-10-16(15)19)17(20)21-13-14-7-5-4-6-8-14/h4-8,15H,2-3,9-13H2,1H3/t15-/m1/s1. The minimum Gasteiger partial charge on any atom is -0.445 e. The molecule has 21 heavy (non-hydrogen) atoms. The molecule has 0 unspecified atom stereocenters. The van der Waals surface area contributed by atoms with Gasteiger partial charge in [-0.2, -0.15) is 0 Å². The summed E-state index contributed by atoms with van der Waals surface area (Å²) in [6.45, 7) is 3.38. The van der Waals surface area contributed by atoms with E-state index in [9.17, 15) is 9.59 Å². The maximum Gasteiger partial charge on any atom is 0.410 e. The Hall–Kier alpha value is -1.84. The van der Waals surface area contributed by atoms with Crippen LogP contribution in [0.5, 0.6) is 0 Å². The van der Waals surface area contributed by atoms with Gasteiger partial charge in [0.25, 0.3) is 0 Å². The van der Waals surface area contributed by atoms with Crippen molar-refractivity contribution in [2.24, 2.45) is 5.92 Å². The third kappa shape index (κ3) is 4.59. The molecule has 4 nitrogen and oxygen atoms in total. The molecular formula is C17H23NO3. The molecule has 0 saturated carbocycles. The van der Waals surface area contributed by atoms with E-state index in [1.54, 1.807) is 4.90 Å². The second-order valence-corrected chi connectivity index (χ2v) is 5.54. The molecule has 0 bridgehead atoms. The smallest absolute Gasteiger partial charge is 0.410 e. The van der Waals surface area contributed by atoms with E-state index >= 15 is 0 Å². The summed E-state index contributed by atoms with van der Waals surface area (Å²) in [7, 11) is 0. The van der Waals surface area contributed by atoms with Crippen molar-refractivity contribution >= 4 is 11.9 Å². The van der Waals surface area contributed by atoms with Crippen LogP contribution in [0.1, 0.15) is 38.2 Å². The molecule has 0 aliphatic carbocycles. The molecule has 1 aromatic carbocycles. The van der Waals surface area contributed by atoms with Crippen LogP contribution in [0.15, 0.2) is 30.3 Å². The average Bonchev–Trinajstić information content (AvgIpc) is 2.53. The molecular weight excluding hydrogens is 266 g/mol. The van der Waals surface area contributed by atoms with Gasteiger partial charge in [0.15, 0.2) is 0 Å². The van der Waals surface area contributed by atoms with Crippen LogP contribution >= 0.6 is 0 Å². The molecule has 1 aliphatic rings. The molecule has 1 saturated heterocycles. The van der Waals surface area contributed by atoms with Crippen LogP contribution in [0.3, 0.4) is 0 Å². The predicted octanol–water partition coefficient (Wildman–Crippen LogP) is 3.40. The third-order valence-corrected chi connectivity index (χ3v) is 3.89. The Kier molecular flexibility index (Phi) is 5.78. The second kappa shape index (κ2) is 7.81. The van der Waals surface area contributed by atoms with Crippen LogP contribution in [0.25, 0.3) is 0 Å². The highest BCUT2D eigenvalue weighted by Crippen LogP contribution is 2.19. The number of Topliss-reactive ketones (excluding diaryl/α,β-unsaturated/α-hetero) is 1. The zero-order chi connectivity index (χ0) is 15.1. The Morgan fingerprint density at radius 3 is 2.81 bits per heavy atom. The molecule has 2 rings (SSSR count). The van der Waals surface area contributed by atoms with Gasteiger partial charge in [-0.25, -0.2) is 4.79 Å². The molecule has 1 fully saturated rings. The zero-order valence-electron chi connectivity index (χ0n) is 12.6. The minimum absolute atomic E-state index is 0.0111. The molecule has 0 aromatic heterocycles. The van der Waals surface area contributed by atoms with E-state index in [-0.39, 0.29) is 24.4 Å². The predicted molar refractivity (Wildman–Crippen MR) is 80.8 cm³/mol. The summed E-state index contributed by atoms with van der Waals surface area (Å²) in [6, 6.07) is 9.63. The number of amides is 1. The lowest BCUT2D eigenvalue weighted by atomic mass is 9.92. The highest BCUT2D eigenvalue weighted by molar-refractivity contribution is 5.83. The first kappa shape index (κ1) is 15.5. The second-order valence-electron chi connectivity index (χ2n) is 5.54. The molecule has 0 radical (unpaired) electrons. The number of carbonyl (C=O) groups excluding carboxylic acids is 2. The normalized spacial score (nSPS) is 18.6. The van der Waals surface area contributed by atoms with Crippen molar-refractivity contribution in [3.63, 3.8) is 0 Å². The van der Waals surface area contributed by atoms with Crippen molar-refractivity contribution in [2.75, 3.05) is 13.1 Å². The summed E-state index contributed by atoms with van der Waals surface area (Å²) >= 11 is 0. The number of unbranched alkanes of at least 4 members (excludes halogenated alkanes) is 1. The highest BCUT2D eigenvalue weighted by atomic mass is 16.6. The van der Waals surface area contributed by atoms with Gasteiger partial charge >= 0.3 is 6.09 Å². The van der Waals surface area contributed by atoms with Gasteiger partial charge in [-0.3, -0.25) is 4.79 Å². The van der Waals surface area contributed by atoms with Crippen molar-refractivity contribution < 1.29 is 14.3 Å². The first-order chi connectivity index (χ1) is 10.2. The summed E-state index contributed by atoms with van der Waals surface area (Å²) in [5.41, 5.74) is 0.974. The largest absolute Gasteiger partial charge is 0.445 e. The Bertz CT molecular complexity index is 472. The SMILES string of the molecule is CCCC[C@@H]1CN(C(=O)OCc2ccccc2)CCC1=O. The molecule has 114 valence electrons. The number of hydrogen-bond acceptors (Lipinski definition) is 3. The Labute approximate surface area is 126 Å². The monoisotopic (exact) mass is 289 g/mol. The number of rotatable bonds is 5. The summed E-state index contributed by atoms with van der Waals surface area (Å²) < 4.78 is 5.33. The number of hydrogen-bond donors (Lipinski definition) is 0. The van der Waals surface area contributed by atoms with Crippen LogP contribution in [0, 0.1) is 5.92 Å². The minimum atomic E-state index is -0.312. The number of benzene rings is 1. The summed E-state index contributed by atoms with van der Waals surface area (Å²) in [5.74, 6) is 0.276. The van der Waals surface area contributed by atoms with E-state index in [1.165, 1.54) is 0 Å². The van der Waals surface area contributed by atoms with Crippen molar-refractivity contribution in [3.8, 4) is 0 Å². The Morgan fingerprint density at radius 2 is 2.10 bits per heavy atom. The third-order valence-electron chi connectivity index (χ3n) is 3.89. The van der Waals surface area contributed by atoms with Crippen LogP contribution in [0.4, 0.5) is 4.79 Å². The van der Waals surface area contributed by atoms with Gasteiger partial charge in [0.1, 0.15) is 12.4 Å². The van der Waals surface area contributed by atoms with Crippen molar-refractivity contribution in [3.05, 3.63) is 35.9 Å². The van der Waals surface area contributed by atoms with E-state index in [4.69, 9.17) is 4.74 Å². The topological polar surface area (TPSA) is 46.6 Å². The molecule has 1 heterocycles. The lowest BCUT2D eigenvalue weighted by Gasteiger charge is -2.31. The van der Waals surface area contributed by atoms with Gasteiger partial charge in [0.05, 0.1) is 0 Å². The maximum absolute atomic E-state index is 12.1. The van der Waals surface area contributed by atoms with E-state index in [2.05, 4.69) is 6.92 Å². The van der Waals surface area contributed by atoms with E-state index in [0.29, 0.717) is 19.5 Å². The molecule has 0 N–H and O–H groups in total. The van der Waals surface area contributed by atoms with Crippen LogP contribution in [-0.4, -0.2) is 29.9 Å². The summed E-state index contributed by atoms with van der Waals surface area (Å²) in [6.07, 6.45) is 3.12. The Balaban J connectivity index is 1.83. The lowest BCUT2D eigenvalue weighted by Crippen LogP contribution is -2.44. The van der Waals surface area contributed by atoms with Crippen molar-refractivity contribution in [1.82, 2.24) is 4.90 Å². The molecule has 0 spiro atoms. The van der Waals surface area contributed by atoms with E-state index in [0.717, 1.165) is 24.8 Å². The maximum atomic E-state index is 12.1. The molecule has 1 aromatic rings. The summed E-state index contributed by atoms with van der Waals surface area (Å²) in [5, 5.41) is 0.